The van der Waals surface area contributed by atoms with Gasteiger partial charge in [-0.15, -0.1) is 0 Å². The molecule has 1 heterocycles. The van der Waals surface area contributed by atoms with Gasteiger partial charge in [0.05, 0.1) is 16.3 Å². The van der Waals surface area contributed by atoms with E-state index in [4.69, 9.17) is 16.0 Å². The van der Waals surface area contributed by atoms with Crippen LogP contribution >= 0.6 is 11.6 Å². The molecule has 0 atom stereocenters. The maximum atomic E-state index is 12.8. The summed E-state index contributed by atoms with van der Waals surface area (Å²) in [6.45, 7) is 3.63. The number of halogens is 4. The van der Waals surface area contributed by atoms with Crippen LogP contribution in [-0.2, 0) is 6.18 Å². The molecule has 0 unspecified atom stereocenters. The summed E-state index contributed by atoms with van der Waals surface area (Å²) in [6.07, 6.45) is -4.53. The summed E-state index contributed by atoms with van der Waals surface area (Å²) in [5.74, 6) is -0.623. The van der Waals surface area contributed by atoms with Crippen molar-refractivity contribution >= 4 is 34.2 Å². The summed E-state index contributed by atoms with van der Waals surface area (Å²) in [5, 5.41) is 3.17. The van der Waals surface area contributed by atoms with E-state index in [1.165, 1.54) is 0 Å². The zero-order valence-corrected chi connectivity index (χ0v) is 14.0. The number of anilines is 1. The molecule has 2 aromatic carbocycles. The number of fused-ring (bicyclic) bond motifs is 1. The zero-order valence-electron chi connectivity index (χ0n) is 13.3. The number of benzene rings is 2. The average Bonchev–Trinajstić information content (AvgIpc) is 2.85. The lowest BCUT2D eigenvalue weighted by atomic mass is 10.1. The van der Waals surface area contributed by atoms with Crippen molar-refractivity contribution in [2.75, 3.05) is 5.32 Å². The number of alkyl halides is 3. The summed E-state index contributed by atoms with van der Waals surface area (Å²) in [4.78, 5) is 12.5. The molecular formula is C18H13ClF3NO2. The Hall–Kier alpha value is -2.47. The van der Waals surface area contributed by atoms with Gasteiger partial charge in [0.25, 0.3) is 5.91 Å². The van der Waals surface area contributed by atoms with Gasteiger partial charge in [-0.25, -0.2) is 0 Å². The van der Waals surface area contributed by atoms with Gasteiger partial charge >= 0.3 is 6.18 Å². The SMILES string of the molecule is Cc1ccc2oc(C(=O)Nc3cc(C(F)(F)F)ccc3Cl)c(C)c2c1. The van der Waals surface area contributed by atoms with Gasteiger partial charge in [0.15, 0.2) is 5.76 Å². The van der Waals surface area contributed by atoms with Crippen molar-refractivity contribution in [3.63, 3.8) is 0 Å². The minimum Gasteiger partial charge on any atom is -0.451 e. The molecule has 7 heteroatoms. The molecule has 1 aromatic heterocycles. The van der Waals surface area contributed by atoms with E-state index in [1.807, 2.05) is 19.1 Å². The molecule has 130 valence electrons. The number of rotatable bonds is 2. The van der Waals surface area contributed by atoms with Gasteiger partial charge in [-0.3, -0.25) is 4.79 Å². The van der Waals surface area contributed by atoms with Crippen LogP contribution in [0.3, 0.4) is 0 Å². The lowest BCUT2D eigenvalue weighted by molar-refractivity contribution is -0.137. The Bertz CT molecular complexity index is 976. The molecule has 1 amide bonds. The normalized spacial score (nSPS) is 11.8. The third-order valence-electron chi connectivity index (χ3n) is 3.84. The van der Waals surface area contributed by atoms with Crippen LogP contribution in [0.2, 0.25) is 5.02 Å². The van der Waals surface area contributed by atoms with Crippen LogP contribution in [0, 0.1) is 13.8 Å². The Balaban J connectivity index is 1.97. The second kappa shape index (κ2) is 6.11. The van der Waals surface area contributed by atoms with Crippen molar-refractivity contribution in [3.05, 3.63) is 63.9 Å². The van der Waals surface area contributed by atoms with Crippen LogP contribution in [0.5, 0.6) is 0 Å². The van der Waals surface area contributed by atoms with Gasteiger partial charge in [0.2, 0.25) is 0 Å². The average molecular weight is 368 g/mol. The van der Waals surface area contributed by atoms with Crippen LogP contribution in [0.1, 0.15) is 27.2 Å². The molecule has 0 fully saturated rings. The first kappa shape index (κ1) is 17.4. The highest BCUT2D eigenvalue weighted by Gasteiger charge is 2.31. The Kier molecular flexibility index (Phi) is 4.24. The highest BCUT2D eigenvalue weighted by Crippen LogP contribution is 2.34. The third kappa shape index (κ3) is 3.35. The molecule has 0 radical (unpaired) electrons. The van der Waals surface area contributed by atoms with Gasteiger partial charge < -0.3 is 9.73 Å². The number of carbonyl (C=O) groups excluding carboxylic acids is 1. The Morgan fingerprint density at radius 3 is 2.52 bits per heavy atom. The largest absolute Gasteiger partial charge is 0.451 e. The summed E-state index contributed by atoms with van der Waals surface area (Å²) < 4.78 is 44.0. The highest BCUT2D eigenvalue weighted by atomic mass is 35.5. The first-order chi connectivity index (χ1) is 11.7. The molecule has 0 aliphatic rings. The second-order valence-corrected chi connectivity index (χ2v) is 6.11. The van der Waals surface area contributed by atoms with Crippen LogP contribution in [0.15, 0.2) is 40.8 Å². The van der Waals surface area contributed by atoms with Crippen molar-refractivity contribution in [1.82, 2.24) is 0 Å². The van der Waals surface area contributed by atoms with E-state index in [1.54, 1.807) is 13.0 Å². The monoisotopic (exact) mass is 367 g/mol. The van der Waals surface area contributed by atoms with Crippen molar-refractivity contribution in [2.45, 2.75) is 20.0 Å². The van der Waals surface area contributed by atoms with E-state index in [-0.39, 0.29) is 16.5 Å². The molecule has 3 nitrogen and oxygen atoms in total. The first-order valence-corrected chi connectivity index (χ1v) is 7.72. The molecule has 0 aliphatic carbocycles. The van der Waals surface area contributed by atoms with Crippen molar-refractivity contribution in [1.29, 1.82) is 0 Å². The quantitative estimate of drug-likeness (QED) is 0.606. The molecule has 0 saturated heterocycles. The molecule has 1 N–H and O–H groups in total. The minimum atomic E-state index is -4.53. The lowest BCUT2D eigenvalue weighted by Gasteiger charge is -2.11. The number of hydrogen-bond acceptors (Lipinski definition) is 2. The van der Waals surface area contributed by atoms with E-state index < -0.39 is 17.6 Å². The van der Waals surface area contributed by atoms with Gasteiger partial charge in [0, 0.05) is 10.9 Å². The fourth-order valence-corrected chi connectivity index (χ4v) is 2.69. The van der Waals surface area contributed by atoms with Crippen LogP contribution in [0.25, 0.3) is 11.0 Å². The number of aryl methyl sites for hydroxylation is 2. The van der Waals surface area contributed by atoms with E-state index in [9.17, 15) is 18.0 Å². The molecule has 3 aromatic rings. The van der Waals surface area contributed by atoms with Gasteiger partial charge in [-0.05, 0) is 44.2 Å². The number of nitrogens with one attached hydrogen (secondary N) is 1. The summed E-state index contributed by atoms with van der Waals surface area (Å²) in [6, 6.07) is 8.20. The minimum absolute atomic E-state index is 0.00552. The maximum absolute atomic E-state index is 12.8. The molecule has 3 rings (SSSR count). The van der Waals surface area contributed by atoms with Crippen molar-refractivity contribution in [3.8, 4) is 0 Å². The molecular weight excluding hydrogens is 355 g/mol. The van der Waals surface area contributed by atoms with Gasteiger partial charge in [-0.2, -0.15) is 13.2 Å². The number of amides is 1. The van der Waals surface area contributed by atoms with Crippen LogP contribution in [-0.4, -0.2) is 5.91 Å². The Labute approximate surface area is 146 Å². The van der Waals surface area contributed by atoms with Crippen LogP contribution in [0.4, 0.5) is 18.9 Å². The Morgan fingerprint density at radius 1 is 1.12 bits per heavy atom. The Morgan fingerprint density at radius 2 is 1.84 bits per heavy atom. The summed E-state index contributed by atoms with van der Waals surface area (Å²) in [5.41, 5.74) is 1.12. The third-order valence-corrected chi connectivity index (χ3v) is 4.17. The molecule has 0 saturated carbocycles. The first-order valence-electron chi connectivity index (χ1n) is 7.34. The predicted molar refractivity (Wildman–Crippen MR) is 90.1 cm³/mol. The maximum Gasteiger partial charge on any atom is 0.416 e. The van der Waals surface area contributed by atoms with Gasteiger partial charge in [-0.1, -0.05) is 23.2 Å². The summed E-state index contributed by atoms with van der Waals surface area (Å²) >= 11 is 5.90. The van der Waals surface area contributed by atoms with Crippen LogP contribution < -0.4 is 5.32 Å². The standard InChI is InChI=1S/C18H13ClF3NO2/c1-9-3-6-15-12(7-9)10(2)16(25-15)17(24)23-14-8-11(18(20,21)22)4-5-13(14)19/h3-8H,1-2H3,(H,23,24). The lowest BCUT2D eigenvalue weighted by Crippen LogP contribution is -2.14. The van der Waals surface area contributed by atoms with Crippen molar-refractivity contribution in [2.24, 2.45) is 0 Å². The summed E-state index contributed by atoms with van der Waals surface area (Å²) in [7, 11) is 0. The number of furan rings is 1. The predicted octanol–water partition coefficient (Wildman–Crippen LogP) is 5.97. The second-order valence-electron chi connectivity index (χ2n) is 5.70. The molecule has 0 aliphatic heterocycles. The van der Waals surface area contributed by atoms with E-state index in [0.717, 1.165) is 29.1 Å². The van der Waals surface area contributed by atoms with Gasteiger partial charge in [0.1, 0.15) is 5.58 Å². The topological polar surface area (TPSA) is 42.2 Å². The van der Waals surface area contributed by atoms with E-state index in [2.05, 4.69) is 5.32 Å². The fourth-order valence-electron chi connectivity index (χ4n) is 2.53. The highest BCUT2D eigenvalue weighted by molar-refractivity contribution is 6.34. The van der Waals surface area contributed by atoms with E-state index in [0.29, 0.717) is 11.1 Å². The van der Waals surface area contributed by atoms with Crippen molar-refractivity contribution < 1.29 is 22.4 Å². The molecule has 25 heavy (non-hydrogen) atoms. The zero-order chi connectivity index (χ0) is 18.4. The molecule has 0 bridgehead atoms. The van der Waals surface area contributed by atoms with E-state index >= 15 is 0 Å². The number of hydrogen-bond donors (Lipinski definition) is 1. The smallest absolute Gasteiger partial charge is 0.416 e. The number of carbonyl (C=O) groups is 1. The fraction of sp³-hybridized carbons (Fsp3) is 0.167. The molecule has 0 spiro atoms.